The standard InChI is InChI=1S/C27H30N2O6/c30-25(29-18-10-9-16(11-18)26(31)32)17-12-19(34-14-17)13-28-27(33)35-15-24-22-7-3-1-5-20(22)21-6-2-4-8-23(21)24/h1-8,16-19,24H,9-15H2,(H,28,33)(H,29,30)(H,31,32)/t16-,17+,18+,19+/m1/s1. The molecule has 1 heterocycles. The lowest BCUT2D eigenvalue weighted by Gasteiger charge is -2.16. The fourth-order valence-corrected chi connectivity index (χ4v) is 5.53. The van der Waals surface area contributed by atoms with E-state index in [0.29, 0.717) is 25.7 Å². The molecule has 0 spiro atoms. The monoisotopic (exact) mass is 478 g/mol. The van der Waals surface area contributed by atoms with E-state index in [1.165, 1.54) is 11.1 Å². The first-order valence-corrected chi connectivity index (χ1v) is 12.2. The van der Waals surface area contributed by atoms with E-state index in [1.807, 2.05) is 24.3 Å². The first-order valence-electron chi connectivity index (χ1n) is 12.2. The Bertz CT molecular complexity index is 1070. The average Bonchev–Trinajstić information content (AvgIpc) is 3.59. The van der Waals surface area contributed by atoms with Gasteiger partial charge in [0.1, 0.15) is 6.61 Å². The number of benzene rings is 2. The fourth-order valence-electron chi connectivity index (χ4n) is 5.53. The number of carbonyl (C=O) groups is 3. The molecule has 0 bridgehead atoms. The van der Waals surface area contributed by atoms with Crippen molar-refractivity contribution in [1.82, 2.24) is 10.6 Å². The Balaban J connectivity index is 1.06. The number of alkyl carbamates (subject to hydrolysis) is 1. The molecule has 0 unspecified atom stereocenters. The smallest absolute Gasteiger partial charge is 0.407 e. The first-order chi connectivity index (χ1) is 17.0. The second kappa shape index (κ2) is 10.1. The van der Waals surface area contributed by atoms with Gasteiger partial charge >= 0.3 is 12.1 Å². The van der Waals surface area contributed by atoms with Crippen LogP contribution in [0, 0.1) is 11.8 Å². The van der Waals surface area contributed by atoms with Crippen LogP contribution in [0.25, 0.3) is 11.1 Å². The summed E-state index contributed by atoms with van der Waals surface area (Å²) in [6.45, 7) is 0.804. The zero-order valence-corrected chi connectivity index (χ0v) is 19.4. The minimum absolute atomic E-state index is 0.000249. The van der Waals surface area contributed by atoms with Crippen molar-refractivity contribution in [2.45, 2.75) is 43.7 Å². The fraction of sp³-hybridized carbons (Fsp3) is 0.444. The summed E-state index contributed by atoms with van der Waals surface area (Å²) in [6, 6.07) is 16.3. The maximum Gasteiger partial charge on any atom is 0.407 e. The number of ether oxygens (including phenoxy) is 2. The van der Waals surface area contributed by atoms with Gasteiger partial charge in [-0.15, -0.1) is 0 Å². The van der Waals surface area contributed by atoms with Gasteiger partial charge in [-0.25, -0.2) is 4.79 Å². The van der Waals surface area contributed by atoms with Crippen molar-refractivity contribution < 1.29 is 29.0 Å². The Morgan fingerprint density at radius 1 is 0.943 bits per heavy atom. The molecule has 8 nitrogen and oxygen atoms in total. The van der Waals surface area contributed by atoms with Crippen LogP contribution in [0.1, 0.15) is 42.7 Å². The molecule has 1 saturated carbocycles. The Kier molecular flexibility index (Phi) is 6.72. The van der Waals surface area contributed by atoms with E-state index >= 15 is 0 Å². The van der Waals surface area contributed by atoms with Gasteiger partial charge in [0.15, 0.2) is 0 Å². The SMILES string of the molecule is O=C(NC[C@@H]1C[C@H](C(=O)N[C@H]2CC[C@@H](C(=O)O)C2)CO1)OCC1c2ccccc2-c2ccccc21. The molecule has 1 saturated heterocycles. The molecule has 5 rings (SSSR count). The third-order valence-corrected chi connectivity index (χ3v) is 7.40. The Morgan fingerprint density at radius 2 is 1.63 bits per heavy atom. The molecule has 1 aliphatic heterocycles. The summed E-state index contributed by atoms with van der Waals surface area (Å²) >= 11 is 0. The summed E-state index contributed by atoms with van der Waals surface area (Å²) in [6.07, 6.45) is 1.49. The van der Waals surface area contributed by atoms with Crippen molar-refractivity contribution in [3.8, 4) is 11.1 Å². The lowest BCUT2D eigenvalue weighted by atomic mass is 9.98. The van der Waals surface area contributed by atoms with Crippen LogP contribution in [-0.2, 0) is 19.1 Å². The average molecular weight is 479 g/mol. The van der Waals surface area contributed by atoms with Crippen molar-refractivity contribution in [3.63, 3.8) is 0 Å². The maximum absolute atomic E-state index is 12.6. The van der Waals surface area contributed by atoms with Crippen molar-refractivity contribution in [1.29, 1.82) is 0 Å². The number of hydrogen-bond donors (Lipinski definition) is 3. The number of nitrogens with one attached hydrogen (secondary N) is 2. The van der Waals surface area contributed by atoms with Crippen molar-refractivity contribution >= 4 is 18.0 Å². The zero-order valence-electron chi connectivity index (χ0n) is 19.4. The normalized spacial score (nSPS) is 25.0. The molecule has 3 aliphatic rings. The first kappa shape index (κ1) is 23.4. The second-order valence-corrected chi connectivity index (χ2v) is 9.65. The molecule has 2 amide bonds. The lowest BCUT2D eigenvalue weighted by molar-refractivity contribution is -0.141. The van der Waals surface area contributed by atoms with Crippen LogP contribution < -0.4 is 10.6 Å². The molecule has 4 atom stereocenters. The number of amides is 2. The summed E-state index contributed by atoms with van der Waals surface area (Å²) < 4.78 is 11.3. The van der Waals surface area contributed by atoms with Gasteiger partial charge in [0.25, 0.3) is 0 Å². The third kappa shape index (κ3) is 5.03. The highest BCUT2D eigenvalue weighted by molar-refractivity contribution is 5.80. The van der Waals surface area contributed by atoms with E-state index in [0.717, 1.165) is 11.1 Å². The highest BCUT2D eigenvalue weighted by atomic mass is 16.5. The highest BCUT2D eigenvalue weighted by Crippen LogP contribution is 2.44. The van der Waals surface area contributed by atoms with Gasteiger partial charge in [-0.3, -0.25) is 9.59 Å². The minimum atomic E-state index is -0.801. The van der Waals surface area contributed by atoms with E-state index in [4.69, 9.17) is 14.6 Å². The summed E-state index contributed by atoms with van der Waals surface area (Å²) in [5.74, 6) is -1.59. The number of carbonyl (C=O) groups excluding carboxylic acids is 2. The maximum atomic E-state index is 12.6. The van der Waals surface area contributed by atoms with Crippen molar-refractivity contribution in [3.05, 3.63) is 59.7 Å². The molecule has 3 N–H and O–H groups in total. The Hall–Kier alpha value is -3.39. The molecule has 2 aromatic rings. The van der Waals surface area contributed by atoms with Crippen LogP contribution in [0.2, 0.25) is 0 Å². The number of carboxylic acid groups (broad SMARTS) is 1. The topological polar surface area (TPSA) is 114 Å². The van der Waals surface area contributed by atoms with E-state index in [9.17, 15) is 14.4 Å². The van der Waals surface area contributed by atoms with Gasteiger partial charge < -0.3 is 25.2 Å². The number of carboxylic acids is 1. The van der Waals surface area contributed by atoms with Crippen LogP contribution >= 0.6 is 0 Å². The van der Waals surface area contributed by atoms with Gasteiger partial charge in [0.05, 0.1) is 24.5 Å². The van der Waals surface area contributed by atoms with Crippen LogP contribution in [0.4, 0.5) is 4.79 Å². The van der Waals surface area contributed by atoms with Crippen LogP contribution in [0.3, 0.4) is 0 Å². The molecular weight excluding hydrogens is 448 g/mol. The predicted molar refractivity (Wildman–Crippen MR) is 128 cm³/mol. The largest absolute Gasteiger partial charge is 0.481 e. The quantitative estimate of drug-likeness (QED) is 0.563. The van der Waals surface area contributed by atoms with Crippen LogP contribution in [0.15, 0.2) is 48.5 Å². The van der Waals surface area contributed by atoms with E-state index < -0.39 is 12.1 Å². The van der Waals surface area contributed by atoms with Gasteiger partial charge in [0, 0.05) is 18.5 Å². The number of fused-ring (bicyclic) bond motifs is 3. The van der Waals surface area contributed by atoms with Gasteiger partial charge in [-0.1, -0.05) is 48.5 Å². The molecule has 2 fully saturated rings. The molecule has 35 heavy (non-hydrogen) atoms. The lowest BCUT2D eigenvalue weighted by Crippen LogP contribution is -2.38. The van der Waals surface area contributed by atoms with Gasteiger partial charge in [-0.2, -0.15) is 0 Å². The molecule has 2 aliphatic carbocycles. The summed E-state index contributed by atoms with van der Waals surface area (Å²) in [7, 11) is 0. The van der Waals surface area contributed by atoms with Crippen molar-refractivity contribution in [2.75, 3.05) is 19.8 Å². The predicted octanol–water partition coefficient (Wildman–Crippen LogP) is 3.30. The molecule has 8 heteroatoms. The number of aliphatic carboxylic acids is 1. The third-order valence-electron chi connectivity index (χ3n) is 7.40. The second-order valence-electron chi connectivity index (χ2n) is 9.65. The number of rotatable bonds is 7. The molecule has 2 aromatic carbocycles. The molecule has 0 radical (unpaired) electrons. The minimum Gasteiger partial charge on any atom is -0.481 e. The van der Waals surface area contributed by atoms with Crippen LogP contribution in [-0.4, -0.2) is 55.0 Å². The van der Waals surface area contributed by atoms with Gasteiger partial charge in [-0.05, 0) is 47.9 Å². The van der Waals surface area contributed by atoms with Crippen molar-refractivity contribution in [2.24, 2.45) is 11.8 Å². The van der Waals surface area contributed by atoms with Gasteiger partial charge in [0.2, 0.25) is 5.91 Å². The molecule has 184 valence electrons. The summed E-state index contributed by atoms with van der Waals surface area (Å²) in [5.41, 5.74) is 4.67. The zero-order chi connectivity index (χ0) is 24.4. The summed E-state index contributed by atoms with van der Waals surface area (Å²) in [4.78, 5) is 36.1. The number of hydrogen-bond acceptors (Lipinski definition) is 5. The van der Waals surface area contributed by atoms with E-state index in [2.05, 4.69) is 34.9 Å². The Labute approximate surface area is 204 Å². The molecule has 0 aromatic heterocycles. The Morgan fingerprint density at radius 3 is 2.29 bits per heavy atom. The van der Waals surface area contributed by atoms with Crippen LogP contribution in [0.5, 0.6) is 0 Å². The summed E-state index contributed by atoms with van der Waals surface area (Å²) in [5, 5.41) is 14.9. The van der Waals surface area contributed by atoms with E-state index in [1.54, 1.807) is 0 Å². The van der Waals surface area contributed by atoms with E-state index in [-0.39, 0.29) is 55.6 Å². The highest BCUT2D eigenvalue weighted by Gasteiger charge is 2.35. The molecular formula is C27H30N2O6.